The number of hydrogen-bond donors (Lipinski definition) is 1. The Kier molecular flexibility index (Phi) is 7.20. The quantitative estimate of drug-likeness (QED) is 0.691. The Bertz CT molecular complexity index is 1140. The molecule has 0 radical (unpaired) electrons. The number of anilines is 1. The highest BCUT2D eigenvalue weighted by Crippen LogP contribution is 2.34. The van der Waals surface area contributed by atoms with E-state index in [-0.39, 0.29) is 28.7 Å². The van der Waals surface area contributed by atoms with Crippen molar-refractivity contribution in [3.8, 4) is 0 Å². The fourth-order valence-electron chi connectivity index (χ4n) is 5.06. The predicted molar refractivity (Wildman–Crippen MR) is 127 cm³/mol. The van der Waals surface area contributed by atoms with Gasteiger partial charge in [-0.15, -0.1) is 0 Å². The molecule has 1 amide bonds. The Hall–Kier alpha value is -2.56. The summed E-state index contributed by atoms with van der Waals surface area (Å²) in [6.45, 7) is 3.98. The molecule has 34 heavy (non-hydrogen) atoms. The number of piperidine rings is 1. The van der Waals surface area contributed by atoms with E-state index in [1.165, 1.54) is 18.3 Å². The van der Waals surface area contributed by atoms with E-state index < -0.39 is 10.0 Å². The van der Waals surface area contributed by atoms with Crippen LogP contribution in [0.4, 0.5) is 10.1 Å². The van der Waals surface area contributed by atoms with Crippen molar-refractivity contribution >= 4 is 21.6 Å². The van der Waals surface area contributed by atoms with Crippen LogP contribution >= 0.6 is 0 Å². The molecule has 0 atom stereocenters. The van der Waals surface area contributed by atoms with Gasteiger partial charge in [-0.2, -0.15) is 0 Å². The number of rotatable bonds is 5. The molecular formula is C24H31FN4O4S. The molecule has 2 aliphatic heterocycles. The molecule has 2 N–H and O–H groups in total. The van der Waals surface area contributed by atoms with Crippen LogP contribution in [-0.2, 0) is 14.8 Å². The van der Waals surface area contributed by atoms with Crippen LogP contribution in [-0.4, -0.2) is 63.6 Å². The molecule has 2 aliphatic rings. The average molecular weight is 491 g/mol. The molecule has 10 heteroatoms. The van der Waals surface area contributed by atoms with E-state index >= 15 is 0 Å². The van der Waals surface area contributed by atoms with Gasteiger partial charge >= 0.3 is 0 Å². The summed E-state index contributed by atoms with van der Waals surface area (Å²) >= 11 is 0. The second-order valence-electron chi connectivity index (χ2n) is 9.07. The lowest BCUT2D eigenvalue weighted by atomic mass is 9.89. The van der Waals surface area contributed by atoms with E-state index in [2.05, 4.69) is 4.98 Å². The van der Waals surface area contributed by atoms with Gasteiger partial charge in [0.1, 0.15) is 5.82 Å². The normalized spacial score (nSPS) is 18.2. The number of pyridine rings is 1. The van der Waals surface area contributed by atoms with Gasteiger partial charge in [-0.3, -0.25) is 4.79 Å². The lowest BCUT2D eigenvalue weighted by Gasteiger charge is -2.37. The summed E-state index contributed by atoms with van der Waals surface area (Å²) in [7, 11) is -2.16. The van der Waals surface area contributed by atoms with Crippen LogP contribution in [0.5, 0.6) is 0 Å². The van der Waals surface area contributed by atoms with E-state index in [0.717, 1.165) is 31.2 Å². The Morgan fingerprint density at radius 2 is 1.76 bits per heavy atom. The number of ether oxygens (including phenoxy) is 1. The summed E-state index contributed by atoms with van der Waals surface area (Å²) in [5.41, 5.74) is 2.38. The maximum absolute atomic E-state index is 13.6. The summed E-state index contributed by atoms with van der Waals surface area (Å²) in [4.78, 5) is 21.5. The number of carbonyl (C=O) groups is 1. The summed E-state index contributed by atoms with van der Waals surface area (Å²) in [5.74, 6) is -0.176. The highest BCUT2D eigenvalue weighted by Gasteiger charge is 2.31. The maximum atomic E-state index is 13.6. The van der Waals surface area contributed by atoms with Gasteiger partial charge in [-0.05, 0) is 56.2 Å². The summed E-state index contributed by atoms with van der Waals surface area (Å²) in [5, 5.41) is 5.19. The number of carbonyl (C=O) groups excluding carboxylic acids is 1. The largest absolute Gasteiger partial charge is 0.381 e. The van der Waals surface area contributed by atoms with Crippen molar-refractivity contribution in [1.82, 2.24) is 9.88 Å². The lowest BCUT2D eigenvalue weighted by Crippen LogP contribution is -2.41. The molecule has 184 valence electrons. The van der Waals surface area contributed by atoms with Crippen LogP contribution in [0.25, 0.3) is 0 Å². The van der Waals surface area contributed by atoms with Gasteiger partial charge in [0.05, 0.1) is 11.3 Å². The first-order valence-corrected chi connectivity index (χ1v) is 13.1. The molecular weight excluding hydrogens is 459 g/mol. The summed E-state index contributed by atoms with van der Waals surface area (Å²) < 4.78 is 43.0. The monoisotopic (exact) mass is 490 g/mol. The number of primary sulfonamides is 1. The fourth-order valence-corrected chi connectivity index (χ4v) is 5.78. The van der Waals surface area contributed by atoms with Crippen molar-refractivity contribution in [1.29, 1.82) is 0 Å². The topological polar surface area (TPSA) is 106 Å². The van der Waals surface area contributed by atoms with Crippen LogP contribution in [0, 0.1) is 12.7 Å². The maximum Gasteiger partial charge on any atom is 0.257 e. The first-order chi connectivity index (χ1) is 16.2. The molecule has 0 bridgehead atoms. The van der Waals surface area contributed by atoms with Crippen LogP contribution in [0.2, 0.25) is 0 Å². The smallest absolute Gasteiger partial charge is 0.257 e. The van der Waals surface area contributed by atoms with Crippen LogP contribution in [0.1, 0.15) is 53.1 Å². The van der Waals surface area contributed by atoms with Gasteiger partial charge in [0.15, 0.2) is 5.03 Å². The zero-order valence-electron chi connectivity index (χ0n) is 19.5. The molecule has 8 nitrogen and oxygen atoms in total. The Morgan fingerprint density at radius 1 is 1.15 bits per heavy atom. The summed E-state index contributed by atoms with van der Waals surface area (Å²) in [6.07, 6.45) is 4.43. The molecule has 0 spiro atoms. The zero-order valence-corrected chi connectivity index (χ0v) is 20.4. The first kappa shape index (κ1) is 24.6. The van der Waals surface area contributed by atoms with E-state index in [0.29, 0.717) is 43.1 Å². The minimum atomic E-state index is -4.04. The molecule has 2 aromatic rings. The van der Waals surface area contributed by atoms with Crippen LogP contribution in [0.3, 0.4) is 0 Å². The Balaban J connectivity index is 1.60. The summed E-state index contributed by atoms with van der Waals surface area (Å²) in [6, 6.07) is 6.65. The van der Waals surface area contributed by atoms with Gasteiger partial charge in [0, 0.05) is 51.2 Å². The van der Waals surface area contributed by atoms with E-state index in [1.807, 2.05) is 11.9 Å². The van der Waals surface area contributed by atoms with Crippen molar-refractivity contribution in [3.05, 3.63) is 53.0 Å². The number of aromatic nitrogens is 1. The minimum Gasteiger partial charge on any atom is -0.381 e. The third-order valence-electron chi connectivity index (χ3n) is 6.96. The molecule has 3 heterocycles. The highest BCUT2D eigenvalue weighted by molar-refractivity contribution is 7.89. The molecule has 4 rings (SSSR count). The van der Waals surface area contributed by atoms with Crippen LogP contribution < -0.4 is 10.0 Å². The highest BCUT2D eigenvalue weighted by atomic mass is 32.2. The van der Waals surface area contributed by atoms with E-state index in [9.17, 15) is 17.6 Å². The molecule has 2 fully saturated rings. The second-order valence-corrected chi connectivity index (χ2v) is 10.5. The first-order valence-electron chi connectivity index (χ1n) is 11.5. The minimum absolute atomic E-state index is 0.110. The third kappa shape index (κ3) is 5.08. The second kappa shape index (κ2) is 9.97. The van der Waals surface area contributed by atoms with Gasteiger partial charge in [0.2, 0.25) is 0 Å². The number of benzene rings is 1. The number of nitrogens with zero attached hydrogens (tertiary/aromatic N) is 3. The van der Waals surface area contributed by atoms with Crippen molar-refractivity contribution in [2.75, 3.05) is 38.3 Å². The molecule has 0 aliphatic carbocycles. The third-order valence-corrected chi connectivity index (χ3v) is 7.91. The molecule has 1 aromatic carbocycles. The number of amides is 1. The van der Waals surface area contributed by atoms with E-state index in [1.54, 1.807) is 24.0 Å². The SMILES string of the molecule is Cc1c(S(N)(=O)=O)ncc(C(=O)N2CCC(c3ccc(F)cc3)CC2)c1N(C)C1CCOCC1. The van der Waals surface area contributed by atoms with Gasteiger partial charge < -0.3 is 14.5 Å². The van der Waals surface area contributed by atoms with Crippen molar-refractivity contribution < 1.29 is 22.3 Å². The molecule has 0 saturated carbocycles. The van der Waals surface area contributed by atoms with Crippen LogP contribution in [0.15, 0.2) is 35.5 Å². The number of halogens is 1. The Labute approximate surface area is 200 Å². The van der Waals surface area contributed by atoms with Gasteiger partial charge in [-0.1, -0.05) is 12.1 Å². The zero-order chi connectivity index (χ0) is 24.5. The van der Waals surface area contributed by atoms with Gasteiger partial charge in [0.25, 0.3) is 15.9 Å². The number of nitrogens with two attached hydrogens (primary N) is 1. The standard InChI is InChI=1S/C24H31FN4O4S/c1-16-22(28(2)20-9-13-33-14-10-20)21(15-27-23(16)34(26,31)32)24(30)29-11-7-18(8-12-29)17-3-5-19(25)6-4-17/h3-6,15,18,20H,7-14H2,1-2H3,(H2,26,31,32). The van der Waals surface area contributed by atoms with Gasteiger partial charge in [-0.25, -0.2) is 22.9 Å². The lowest BCUT2D eigenvalue weighted by molar-refractivity contribution is 0.0711. The predicted octanol–water partition coefficient (Wildman–Crippen LogP) is 2.81. The molecule has 2 saturated heterocycles. The van der Waals surface area contributed by atoms with Crippen molar-refractivity contribution in [3.63, 3.8) is 0 Å². The Morgan fingerprint density at radius 3 is 2.35 bits per heavy atom. The number of likely N-dealkylation sites (tertiary alicyclic amines) is 1. The van der Waals surface area contributed by atoms with Crippen molar-refractivity contribution in [2.45, 2.75) is 49.6 Å². The van der Waals surface area contributed by atoms with Crippen molar-refractivity contribution in [2.24, 2.45) is 5.14 Å². The molecule has 1 aromatic heterocycles. The van der Waals surface area contributed by atoms with E-state index in [4.69, 9.17) is 9.88 Å². The average Bonchev–Trinajstić information content (AvgIpc) is 2.83. The fraction of sp³-hybridized carbons (Fsp3) is 0.500. The number of hydrogen-bond acceptors (Lipinski definition) is 6. The number of sulfonamides is 1. The molecule has 0 unspecified atom stereocenters.